The average molecular weight is 276 g/mol. The lowest BCUT2D eigenvalue weighted by molar-refractivity contribution is -0.147. The molecule has 8 heteroatoms. The number of nitrogens with zero attached hydrogens (tertiary/aromatic N) is 1. The van der Waals surface area contributed by atoms with Crippen LogP contribution >= 0.6 is 0 Å². The van der Waals surface area contributed by atoms with Crippen molar-refractivity contribution in [3.63, 3.8) is 0 Å². The summed E-state index contributed by atoms with van der Waals surface area (Å²) in [6.45, 7) is 3.55. The number of aliphatic hydroxyl groups is 1. The number of carboxylic acid groups (broad SMARTS) is 2. The number of nitrogens with one attached hydrogen (secondary N) is 1. The highest BCUT2D eigenvalue weighted by molar-refractivity contribution is 5.77. The first-order chi connectivity index (χ1) is 8.73. The third-order valence-electron chi connectivity index (χ3n) is 2.17. The monoisotopic (exact) mass is 276 g/mol. The van der Waals surface area contributed by atoms with Crippen molar-refractivity contribution in [1.82, 2.24) is 10.2 Å². The summed E-state index contributed by atoms with van der Waals surface area (Å²) in [6, 6.07) is -0.588. The number of carbonyl (C=O) groups excluding carboxylic acids is 1. The van der Waals surface area contributed by atoms with E-state index in [4.69, 9.17) is 10.2 Å². The van der Waals surface area contributed by atoms with Crippen molar-refractivity contribution in [3.05, 3.63) is 0 Å². The summed E-state index contributed by atoms with van der Waals surface area (Å²) in [4.78, 5) is 33.8. The van der Waals surface area contributed by atoms with Gasteiger partial charge in [-0.3, -0.25) is 4.79 Å². The van der Waals surface area contributed by atoms with Crippen molar-refractivity contribution < 1.29 is 29.7 Å². The molecule has 110 valence electrons. The van der Waals surface area contributed by atoms with E-state index in [1.807, 2.05) is 13.8 Å². The molecule has 0 aromatic heterocycles. The molecule has 0 fully saturated rings. The zero-order chi connectivity index (χ0) is 15.0. The largest absolute Gasteiger partial charge is 0.481 e. The molecule has 0 rings (SSSR count). The Morgan fingerprint density at radius 2 is 1.74 bits per heavy atom. The molecule has 4 N–H and O–H groups in total. The standard InChI is InChI=1S/C11H20N2O6/c1-7(2)5-13(6-8(14)10(17)18)11(19)12-4-3-9(15)16/h7-8,14H,3-6H2,1-2H3,(H,12,19)(H,15,16)(H,17,18). The molecule has 0 bridgehead atoms. The lowest BCUT2D eigenvalue weighted by Gasteiger charge is -2.25. The first-order valence-corrected chi connectivity index (χ1v) is 5.89. The summed E-state index contributed by atoms with van der Waals surface area (Å²) in [5.74, 6) is -2.36. The highest BCUT2D eigenvalue weighted by atomic mass is 16.4. The molecule has 0 aromatic carbocycles. The molecule has 19 heavy (non-hydrogen) atoms. The quantitative estimate of drug-likeness (QED) is 0.476. The number of carbonyl (C=O) groups is 3. The van der Waals surface area contributed by atoms with Crippen molar-refractivity contribution in [1.29, 1.82) is 0 Å². The van der Waals surface area contributed by atoms with Crippen molar-refractivity contribution in [2.45, 2.75) is 26.4 Å². The van der Waals surface area contributed by atoms with Gasteiger partial charge in [0.25, 0.3) is 0 Å². The maximum Gasteiger partial charge on any atom is 0.334 e. The average Bonchev–Trinajstić information content (AvgIpc) is 2.26. The summed E-state index contributed by atoms with van der Waals surface area (Å²) < 4.78 is 0. The minimum Gasteiger partial charge on any atom is -0.481 e. The number of carboxylic acids is 2. The maximum atomic E-state index is 11.7. The van der Waals surface area contributed by atoms with Crippen LogP contribution < -0.4 is 5.32 Å². The highest BCUT2D eigenvalue weighted by Gasteiger charge is 2.22. The van der Waals surface area contributed by atoms with Crippen LogP contribution in [0.25, 0.3) is 0 Å². The molecule has 1 unspecified atom stereocenters. The Labute approximate surface area is 111 Å². The summed E-state index contributed by atoms with van der Waals surface area (Å²) in [5, 5.41) is 28.7. The summed E-state index contributed by atoms with van der Waals surface area (Å²) >= 11 is 0. The van der Waals surface area contributed by atoms with Crippen LogP contribution in [0.5, 0.6) is 0 Å². The van der Waals surface area contributed by atoms with Gasteiger partial charge in [0.2, 0.25) is 0 Å². The first kappa shape index (κ1) is 17.2. The minimum absolute atomic E-state index is 0.0497. The Hall–Kier alpha value is -1.83. The number of rotatable bonds is 8. The van der Waals surface area contributed by atoms with Crippen LogP contribution in [0, 0.1) is 5.92 Å². The molecule has 0 saturated heterocycles. The molecule has 2 amide bonds. The molecule has 0 saturated carbocycles. The smallest absolute Gasteiger partial charge is 0.334 e. The van der Waals surface area contributed by atoms with E-state index in [-0.39, 0.29) is 32.0 Å². The normalized spacial score (nSPS) is 12.0. The van der Waals surface area contributed by atoms with Crippen LogP contribution in [0.1, 0.15) is 20.3 Å². The highest BCUT2D eigenvalue weighted by Crippen LogP contribution is 2.01. The van der Waals surface area contributed by atoms with E-state index in [2.05, 4.69) is 5.32 Å². The van der Waals surface area contributed by atoms with Crippen molar-refractivity contribution in [2.75, 3.05) is 19.6 Å². The topological polar surface area (TPSA) is 127 Å². The molecule has 0 radical (unpaired) electrons. The Morgan fingerprint density at radius 3 is 2.16 bits per heavy atom. The van der Waals surface area contributed by atoms with Crippen LogP contribution in [-0.2, 0) is 9.59 Å². The second kappa shape index (κ2) is 8.30. The SMILES string of the molecule is CC(C)CN(CC(O)C(=O)O)C(=O)NCCC(=O)O. The Kier molecular flexibility index (Phi) is 7.50. The fourth-order valence-electron chi connectivity index (χ4n) is 1.36. The predicted molar refractivity (Wildman–Crippen MR) is 65.7 cm³/mol. The number of amides is 2. The van der Waals surface area contributed by atoms with Crippen LogP contribution in [0.3, 0.4) is 0 Å². The van der Waals surface area contributed by atoms with Gasteiger partial charge in [0.15, 0.2) is 6.10 Å². The summed E-state index contributed by atoms with van der Waals surface area (Å²) in [6.07, 6.45) is -1.88. The van der Waals surface area contributed by atoms with E-state index in [9.17, 15) is 19.5 Å². The fraction of sp³-hybridized carbons (Fsp3) is 0.727. The summed E-state index contributed by atoms with van der Waals surface area (Å²) in [5.41, 5.74) is 0. The van der Waals surface area contributed by atoms with E-state index < -0.39 is 24.1 Å². The molecule has 1 atom stereocenters. The Morgan fingerprint density at radius 1 is 1.16 bits per heavy atom. The van der Waals surface area contributed by atoms with Crippen LogP contribution in [0.15, 0.2) is 0 Å². The van der Waals surface area contributed by atoms with Crippen LogP contribution in [0.2, 0.25) is 0 Å². The second-order valence-corrected chi connectivity index (χ2v) is 4.53. The number of hydrogen-bond donors (Lipinski definition) is 4. The molecule has 0 aliphatic carbocycles. The third-order valence-corrected chi connectivity index (χ3v) is 2.17. The van der Waals surface area contributed by atoms with Gasteiger partial charge in [-0.2, -0.15) is 0 Å². The van der Waals surface area contributed by atoms with Crippen molar-refractivity contribution in [3.8, 4) is 0 Å². The van der Waals surface area contributed by atoms with E-state index in [1.165, 1.54) is 0 Å². The Balaban J connectivity index is 4.42. The summed E-state index contributed by atoms with van der Waals surface area (Å²) in [7, 11) is 0. The number of urea groups is 1. The van der Waals surface area contributed by atoms with Gasteiger partial charge >= 0.3 is 18.0 Å². The number of hydrogen-bond acceptors (Lipinski definition) is 4. The lowest BCUT2D eigenvalue weighted by atomic mass is 10.2. The van der Waals surface area contributed by atoms with E-state index in [0.29, 0.717) is 0 Å². The van der Waals surface area contributed by atoms with Gasteiger partial charge in [0, 0.05) is 13.1 Å². The van der Waals surface area contributed by atoms with Gasteiger partial charge in [-0.1, -0.05) is 13.8 Å². The second-order valence-electron chi connectivity index (χ2n) is 4.53. The third kappa shape index (κ3) is 7.98. The van der Waals surface area contributed by atoms with Gasteiger partial charge in [0.1, 0.15) is 0 Å². The molecule has 0 aliphatic heterocycles. The first-order valence-electron chi connectivity index (χ1n) is 5.89. The maximum absolute atomic E-state index is 11.7. The van der Waals surface area contributed by atoms with Gasteiger partial charge in [-0.05, 0) is 5.92 Å². The van der Waals surface area contributed by atoms with E-state index >= 15 is 0 Å². The molecule has 0 spiro atoms. The number of aliphatic carboxylic acids is 2. The van der Waals surface area contributed by atoms with Crippen LogP contribution in [0.4, 0.5) is 4.79 Å². The predicted octanol–water partition coefficient (Wildman–Crippen LogP) is -0.426. The van der Waals surface area contributed by atoms with Gasteiger partial charge in [-0.15, -0.1) is 0 Å². The van der Waals surface area contributed by atoms with Crippen molar-refractivity contribution >= 4 is 18.0 Å². The molecular weight excluding hydrogens is 256 g/mol. The van der Waals surface area contributed by atoms with Gasteiger partial charge < -0.3 is 25.5 Å². The van der Waals surface area contributed by atoms with E-state index in [0.717, 1.165) is 4.90 Å². The zero-order valence-corrected chi connectivity index (χ0v) is 11.0. The molecule has 0 aliphatic rings. The number of aliphatic hydroxyl groups excluding tert-OH is 1. The fourth-order valence-corrected chi connectivity index (χ4v) is 1.36. The van der Waals surface area contributed by atoms with Gasteiger partial charge in [-0.25, -0.2) is 9.59 Å². The molecule has 8 nitrogen and oxygen atoms in total. The molecule has 0 aromatic rings. The van der Waals surface area contributed by atoms with Crippen molar-refractivity contribution in [2.24, 2.45) is 5.92 Å². The minimum atomic E-state index is -1.66. The van der Waals surface area contributed by atoms with E-state index in [1.54, 1.807) is 0 Å². The Bertz CT molecular complexity index is 331. The molecule has 0 heterocycles. The molecular formula is C11H20N2O6. The van der Waals surface area contributed by atoms with Crippen LogP contribution in [-0.4, -0.2) is 63.9 Å². The van der Waals surface area contributed by atoms with Gasteiger partial charge in [0.05, 0.1) is 13.0 Å². The zero-order valence-electron chi connectivity index (χ0n) is 11.0. The lowest BCUT2D eigenvalue weighted by Crippen LogP contribution is -2.47.